The van der Waals surface area contributed by atoms with Gasteiger partial charge in [0.2, 0.25) is 10.0 Å². The summed E-state index contributed by atoms with van der Waals surface area (Å²) in [6.07, 6.45) is 6.70. The van der Waals surface area contributed by atoms with Gasteiger partial charge >= 0.3 is 0 Å². The van der Waals surface area contributed by atoms with Gasteiger partial charge in [0.25, 0.3) is 0 Å². The highest BCUT2D eigenvalue weighted by molar-refractivity contribution is 7.89. The van der Waals surface area contributed by atoms with Gasteiger partial charge in [-0.15, -0.1) is 0 Å². The number of aliphatic hydroxyl groups is 1. The van der Waals surface area contributed by atoms with E-state index < -0.39 is 15.6 Å². The van der Waals surface area contributed by atoms with Crippen LogP contribution in [0.1, 0.15) is 44.2 Å². The van der Waals surface area contributed by atoms with E-state index in [0.717, 1.165) is 25.7 Å². The van der Waals surface area contributed by atoms with E-state index in [4.69, 9.17) is 0 Å². The molecule has 108 valence electrons. The Bertz CT molecular complexity index is 516. The van der Waals surface area contributed by atoms with Gasteiger partial charge in [0.1, 0.15) is 4.90 Å². The lowest BCUT2D eigenvalue weighted by Crippen LogP contribution is -2.42. The van der Waals surface area contributed by atoms with Crippen LogP contribution in [0.3, 0.4) is 0 Å². The summed E-state index contributed by atoms with van der Waals surface area (Å²) in [5.74, 6) is 0. The minimum absolute atomic E-state index is 0.0694. The van der Waals surface area contributed by atoms with Crippen molar-refractivity contribution >= 4 is 10.0 Å². The van der Waals surface area contributed by atoms with Crippen LogP contribution in [0.15, 0.2) is 11.1 Å². The standard InChI is InChI=1S/C12H21N3O3S/c1-10-11(8-13-15-10)19(17,18)14-9-12(16)6-4-2-3-5-7-12/h8,14,16H,2-7,9H2,1H3,(H,13,15). The maximum absolute atomic E-state index is 12.1. The van der Waals surface area contributed by atoms with Crippen molar-refractivity contribution in [3.8, 4) is 0 Å². The van der Waals surface area contributed by atoms with Crippen LogP contribution in [0.5, 0.6) is 0 Å². The van der Waals surface area contributed by atoms with Gasteiger partial charge in [-0.1, -0.05) is 25.7 Å². The summed E-state index contributed by atoms with van der Waals surface area (Å²) in [7, 11) is -3.60. The first-order valence-electron chi connectivity index (χ1n) is 6.65. The number of aromatic amines is 1. The molecule has 0 amide bonds. The summed E-state index contributed by atoms with van der Waals surface area (Å²) < 4.78 is 26.7. The molecule has 1 fully saturated rings. The van der Waals surface area contributed by atoms with Gasteiger partial charge in [-0.2, -0.15) is 5.10 Å². The zero-order valence-corrected chi connectivity index (χ0v) is 12.0. The maximum Gasteiger partial charge on any atom is 0.244 e. The van der Waals surface area contributed by atoms with Gasteiger partial charge in [-0.05, 0) is 19.8 Å². The van der Waals surface area contributed by atoms with Crippen molar-refractivity contribution in [2.45, 2.75) is 55.9 Å². The molecule has 0 aliphatic heterocycles. The molecule has 0 spiro atoms. The van der Waals surface area contributed by atoms with Crippen LogP contribution in [0.25, 0.3) is 0 Å². The molecule has 7 heteroatoms. The first-order valence-corrected chi connectivity index (χ1v) is 8.13. The van der Waals surface area contributed by atoms with E-state index in [9.17, 15) is 13.5 Å². The summed E-state index contributed by atoms with van der Waals surface area (Å²) in [5, 5.41) is 16.7. The third-order valence-electron chi connectivity index (χ3n) is 3.70. The number of hydrogen-bond acceptors (Lipinski definition) is 4. The van der Waals surface area contributed by atoms with E-state index >= 15 is 0 Å². The maximum atomic E-state index is 12.1. The molecule has 6 nitrogen and oxygen atoms in total. The summed E-state index contributed by atoms with van der Waals surface area (Å²) in [5.41, 5.74) is -0.415. The smallest absolute Gasteiger partial charge is 0.244 e. The van der Waals surface area contributed by atoms with Crippen LogP contribution < -0.4 is 4.72 Å². The number of rotatable bonds is 4. The Morgan fingerprint density at radius 2 is 2.00 bits per heavy atom. The van der Waals surface area contributed by atoms with Gasteiger partial charge in [0, 0.05) is 6.54 Å². The Morgan fingerprint density at radius 3 is 2.53 bits per heavy atom. The molecule has 1 aromatic heterocycles. The average Bonchev–Trinajstić information content (AvgIpc) is 2.67. The number of hydrogen-bond donors (Lipinski definition) is 3. The van der Waals surface area contributed by atoms with Crippen molar-refractivity contribution < 1.29 is 13.5 Å². The van der Waals surface area contributed by atoms with Crippen LogP contribution in [-0.4, -0.2) is 35.9 Å². The highest BCUT2D eigenvalue weighted by atomic mass is 32.2. The third-order valence-corrected chi connectivity index (χ3v) is 5.21. The van der Waals surface area contributed by atoms with Crippen LogP contribution in [-0.2, 0) is 10.0 Å². The normalized spacial score (nSPS) is 20.1. The van der Waals surface area contributed by atoms with Crippen molar-refractivity contribution in [2.75, 3.05) is 6.54 Å². The molecule has 19 heavy (non-hydrogen) atoms. The van der Waals surface area contributed by atoms with Gasteiger partial charge in [-0.25, -0.2) is 13.1 Å². The quantitative estimate of drug-likeness (QED) is 0.722. The molecule has 1 aromatic rings. The van der Waals surface area contributed by atoms with E-state index in [1.165, 1.54) is 6.20 Å². The molecule has 0 unspecified atom stereocenters. The number of aromatic nitrogens is 2. The summed E-state index contributed by atoms with van der Waals surface area (Å²) in [4.78, 5) is 0.143. The lowest BCUT2D eigenvalue weighted by Gasteiger charge is -2.26. The van der Waals surface area contributed by atoms with E-state index in [2.05, 4.69) is 14.9 Å². The third kappa shape index (κ3) is 3.55. The second kappa shape index (κ2) is 5.60. The molecule has 0 aromatic carbocycles. The molecule has 0 bridgehead atoms. The Morgan fingerprint density at radius 1 is 1.37 bits per heavy atom. The molecule has 3 N–H and O–H groups in total. The predicted octanol–water partition coefficient (Wildman–Crippen LogP) is 1.08. The minimum atomic E-state index is -3.60. The van der Waals surface area contributed by atoms with Crippen LogP contribution in [0.2, 0.25) is 0 Å². The first-order chi connectivity index (χ1) is 8.93. The Balaban J connectivity index is 2.03. The zero-order chi connectivity index (χ0) is 13.9. The fourth-order valence-corrected chi connectivity index (χ4v) is 3.74. The molecule has 0 radical (unpaired) electrons. The first kappa shape index (κ1) is 14.5. The Hall–Kier alpha value is -0.920. The zero-order valence-electron chi connectivity index (χ0n) is 11.1. The molecule has 1 aliphatic rings. The van der Waals surface area contributed by atoms with Gasteiger partial charge in [-0.3, -0.25) is 5.10 Å². The van der Waals surface area contributed by atoms with Crippen molar-refractivity contribution in [2.24, 2.45) is 0 Å². The van der Waals surface area contributed by atoms with Crippen molar-refractivity contribution in [3.05, 3.63) is 11.9 Å². The Labute approximate surface area is 113 Å². The molecular weight excluding hydrogens is 266 g/mol. The monoisotopic (exact) mass is 287 g/mol. The number of H-pyrrole nitrogens is 1. The van der Waals surface area contributed by atoms with Crippen molar-refractivity contribution in [1.29, 1.82) is 0 Å². The highest BCUT2D eigenvalue weighted by Crippen LogP contribution is 2.26. The Kier molecular flexibility index (Phi) is 4.27. The van der Waals surface area contributed by atoms with E-state index in [0.29, 0.717) is 18.5 Å². The van der Waals surface area contributed by atoms with Gasteiger partial charge in [0.15, 0.2) is 0 Å². The van der Waals surface area contributed by atoms with Gasteiger partial charge in [0.05, 0.1) is 17.5 Å². The molecule has 0 atom stereocenters. The molecular formula is C12H21N3O3S. The van der Waals surface area contributed by atoms with E-state index in [-0.39, 0.29) is 11.4 Å². The minimum Gasteiger partial charge on any atom is -0.389 e. The lowest BCUT2D eigenvalue weighted by atomic mass is 9.95. The number of aryl methyl sites for hydroxylation is 1. The van der Waals surface area contributed by atoms with Crippen molar-refractivity contribution in [1.82, 2.24) is 14.9 Å². The largest absolute Gasteiger partial charge is 0.389 e. The number of nitrogens with one attached hydrogen (secondary N) is 2. The fraction of sp³-hybridized carbons (Fsp3) is 0.750. The summed E-state index contributed by atoms with van der Waals surface area (Å²) in [6, 6.07) is 0. The van der Waals surface area contributed by atoms with E-state index in [1.54, 1.807) is 6.92 Å². The predicted molar refractivity (Wildman–Crippen MR) is 71.2 cm³/mol. The fourth-order valence-electron chi connectivity index (χ4n) is 2.48. The highest BCUT2D eigenvalue weighted by Gasteiger charge is 2.30. The molecule has 1 heterocycles. The second-order valence-electron chi connectivity index (χ2n) is 5.32. The molecule has 1 saturated carbocycles. The summed E-state index contributed by atoms with van der Waals surface area (Å²) in [6.45, 7) is 1.72. The average molecular weight is 287 g/mol. The topological polar surface area (TPSA) is 95.1 Å². The molecule has 0 saturated heterocycles. The molecule has 1 aliphatic carbocycles. The SMILES string of the molecule is Cc1[nH]ncc1S(=O)(=O)NCC1(O)CCCCCC1. The molecule has 2 rings (SSSR count). The van der Waals surface area contributed by atoms with Crippen LogP contribution in [0.4, 0.5) is 0 Å². The van der Waals surface area contributed by atoms with E-state index in [1.807, 2.05) is 0 Å². The lowest BCUT2D eigenvalue weighted by molar-refractivity contribution is 0.0303. The second-order valence-corrected chi connectivity index (χ2v) is 7.06. The number of nitrogens with zero attached hydrogens (tertiary/aromatic N) is 1. The van der Waals surface area contributed by atoms with Crippen molar-refractivity contribution in [3.63, 3.8) is 0 Å². The van der Waals surface area contributed by atoms with Crippen LogP contribution >= 0.6 is 0 Å². The van der Waals surface area contributed by atoms with Crippen LogP contribution in [0, 0.1) is 6.92 Å². The number of sulfonamides is 1. The summed E-state index contributed by atoms with van der Waals surface area (Å²) >= 11 is 0. The van der Waals surface area contributed by atoms with Gasteiger partial charge < -0.3 is 5.11 Å².